The zero-order valence-corrected chi connectivity index (χ0v) is 13.5. The van der Waals surface area contributed by atoms with Crippen LogP contribution < -0.4 is 10.1 Å². The summed E-state index contributed by atoms with van der Waals surface area (Å²) in [5.74, 6) is -0.541. The third-order valence-electron chi connectivity index (χ3n) is 3.32. The van der Waals surface area contributed by atoms with Gasteiger partial charge in [-0.2, -0.15) is 5.10 Å². The number of aryl methyl sites for hydroxylation is 2. The lowest BCUT2D eigenvalue weighted by molar-refractivity contribution is -0.122. The second kappa shape index (κ2) is 6.36. The van der Waals surface area contributed by atoms with Crippen molar-refractivity contribution in [2.45, 2.75) is 26.9 Å². The maximum Gasteiger partial charge on any atom is 0.265 e. The zero-order chi connectivity index (χ0) is 16.4. The smallest absolute Gasteiger partial charge is 0.265 e. The van der Waals surface area contributed by atoms with Gasteiger partial charge in [0.2, 0.25) is 0 Å². The average Bonchev–Trinajstić information content (AvgIpc) is 2.68. The van der Waals surface area contributed by atoms with Crippen LogP contribution in [-0.2, 0) is 11.8 Å². The molecule has 0 bridgehead atoms. The molecule has 1 heterocycles. The third-order valence-corrected chi connectivity index (χ3v) is 3.62. The van der Waals surface area contributed by atoms with E-state index in [4.69, 9.17) is 16.3 Å². The Morgan fingerprint density at radius 3 is 2.68 bits per heavy atom. The standard InChI is InChI=1S/C15H17ClFN3O2/c1-8-14(9(2)20(4)19-8)18-15(21)10(3)22-13-6-5-11(17)7-12(13)16/h5-7,10H,1-4H3,(H,18,21)/t10-/m0/s1. The molecule has 7 heteroatoms. The molecule has 0 fully saturated rings. The van der Waals surface area contributed by atoms with E-state index in [1.165, 1.54) is 12.1 Å². The van der Waals surface area contributed by atoms with Crippen molar-refractivity contribution >= 4 is 23.2 Å². The van der Waals surface area contributed by atoms with Gasteiger partial charge in [0, 0.05) is 7.05 Å². The molecule has 0 aliphatic heterocycles. The normalized spacial score (nSPS) is 12.1. The maximum absolute atomic E-state index is 13.0. The van der Waals surface area contributed by atoms with Gasteiger partial charge in [0.1, 0.15) is 11.6 Å². The van der Waals surface area contributed by atoms with Gasteiger partial charge in [-0.1, -0.05) is 11.6 Å². The van der Waals surface area contributed by atoms with Crippen molar-refractivity contribution in [2.75, 3.05) is 5.32 Å². The van der Waals surface area contributed by atoms with Crippen molar-refractivity contribution in [3.63, 3.8) is 0 Å². The van der Waals surface area contributed by atoms with Gasteiger partial charge in [0.05, 0.1) is 22.1 Å². The Kier molecular flexibility index (Phi) is 4.71. The van der Waals surface area contributed by atoms with E-state index in [1.807, 2.05) is 13.8 Å². The minimum Gasteiger partial charge on any atom is -0.479 e. The summed E-state index contributed by atoms with van der Waals surface area (Å²) >= 11 is 5.88. The molecule has 118 valence electrons. The van der Waals surface area contributed by atoms with Crippen LogP contribution in [0.4, 0.5) is 10.1 Å². The fourth-order valence-corrected chi connectivity index (χ4v) is 2.21. The Bertz CT molecular complexity index is 715. The molecule has 2 rings (SSSR count). The van der Waals surface area contributed by atoms with Crippen molar-refractivity contribution in [3.8, 4) is 5.75 Å². The molecule has 5 nitrogen and oxygen atoms in total. The number of ether oxygens (including phenoxy) is 1. The highest BCUT2D eigenvalue weighted by atomic mass is 35.5. The van der Waals surface area contributed by atoms with E-state index in [1.54, 1.807) is 18.7 Å². The van der Waals surface area contributed by atoms with E-state index < -0.39 is 11.9 Å². The molecule has 0 aliphatic carbocycles. The maximum atomic E-state index is 13.0. The molecule has 0 unspecified atom stereocenters. The first kappa shape index (κ1) is 16.3. The van der Waals surface area contributed by atoms with E-state index in [9.17, 15) is 9.18 Å². The number of carbonyl (C=O) groups excluding carboxylic acids is 1. The average molecular weight is 326 g/mol. The summed E-state index contributed by atoms with van der Waals surface area (Å²) in [6.07, 6.45) is -0.790. The lowest BCUT2D eigenvalue weighted by Crippen LogP contribution is -2.30. The largest absolute Gasteiger partial charge is 0.479 e. The van der Waals surface area contributed by atoms with Gasteiger partial charge in [-0.25, -0.2) is 4.39 Å². The Balaban J connectivity index is 2.09. The van der Waals surface area contributed by atoms with Crippen molar-refractivity contribution in [1.29, 1.82) is 0 Å². The highest BCUT2D eigenvalue weighted by molar-refractivity contribution is 6.32. The molecular formula is C15H17ClFN3O2. The second-order valence-electron chi connectivity index (χ2n) is 4.99. The molecule has 0 spiro atoms. The summed E-state index contributed by atoms with van der Waals surface area (Å²) in [6, 6.07) is 3.75. The van der Waals surface area contributed by atoms with Crippen LogP contribution in [0.15, 0.2) is 18.2 Å². The molecule has 1 aromatic heterocycles. The second-order valence-corrected chi connectivity index (χ2v) is 5.40. The highest BCUT2D eigenvalue weighted by Gasteiger charge is 2.19. The van der Waals surface area contributed by atoms with Crippen molar-refractivity contribution in [2.24, 2.45) is 7.05 Å². The fraction of sp³-hybridized carbons (Fsp3) is 0.333. The predicted molar refractivity (Wildman–Crippen MR) is 82.8 cm³/mol. The summed E-state index contributed by atoms with van der Waals surface area (Å²) < 4.78 is 20.2. The first-order valence-corrected chi connectivity index (χ1v) is 7.10. The monoisotopic (exact) mass is 325 g/mol. The molecule has 2 aromatic rings. The number of nitrogens with zero attached hydrogens (tertiary/aromatic N) is 2. The quantitative estimate of drug-likeness (QED) is 0.939. The van der Waals surface area contributed by atoms with Crippen LogP contribution in [0.5, 0.6) is 5.75 Å². The number of halogens is 2. The van der Waals surface area contributed by atoms with E-state index in [2.05, 4.69) is 10.4 Å². The van der Waals surface area contributed by atoms with Crippen LogP contribution in [0, 0.1) is 19.7 Å². The van der Waals surface area contributed by atoms with Crippen LogP contribution in [0.2, 0.25) is 5.02 Å². The highest BCUT2D eigenvalue weighted by Crippen LogP contribution is 2.26. The first-order valence-electron chi connectivity index (χ1n) is 6.72. The van der Waals surface area contributed by atoms with Crippen LogP contribution in [0.3, 0.4) is 0 Å². The summed E-state index contributed by atoms with van der Waals surface area (Å²) in [6.45, 7) is 5.26. The lowest BCUT2D eigenvalue weighted by Gasteiger charge is -2.15. The molecule has 0 saturated carbocycles. The van der Waals surface area contributed by atoms with E-state index in [-0.39, 0.29) is 16.7 Å². The van der Waals surface area contributed by atoms with E-state index in [0.29, 0.717) is 5.69 Å². The number of carbonyl (C=O) groups is 1. The fourth-order valence-electron chi connectivity index (χ4n) is 1.99. The molecule has 22 heavy (non-hydrogen) atoms. The van der Waals surface area contributed by atoms with Gasteiger partial charge in [0.15, 0.2) is 6.10 Å². The summed E-state index contributed by atoms with van der Waals surface area (Å²) in [5, 5.41) is 7.13. The Morgan fingerprint density at radius 2 is 2.14 bits per heavy atom. The molecule has 0 aliphatic rings. The molecule has 0 saturated heterocycles. The summed E-state index contributed by atoms with van der Waals surface area (Å²) in [7, 11) is 1.80. The minimum atomic E-state index is -0.790. The minimum absolute atomic E-state index is 0.119. The lowest BCUT2D eigenvalue weighted by atomic mass is 10.2. The third kappa shape index (κ3) is 3.39. The number of nitrogens with one attached hydrogen (secondary N) is 1. The van der Waals surface area contributed by atoms with Gasteiger partial charge >= 0.3 is 0 Å². The SMILES string of the molecule is Cc1nn(C)c(C)c1NC(=O)[C@H](C)Oc1ccc(F)cc1Cl. The topological polar surface area (TPSA) is 56.2 Å². The number of benzene rings is 1. The van der Waals surface area contributed by atoms with E-state index >= 15 is 0 Å². The number of hydrogen-bond acceptors (Lipinski definition) is 3. The first-order chi connectivity index (χ1) is 10.3. The van der Waals surface area contributed by atoms with Crippen LogP contribution in [-0.4, -0.2) is 21.8 Å². The van der Waals surface area contributed by atoms with Gasteiger partial charge in [0.25, 0.3) is 5.91 Å². The summed E-state index contributed by atoms with van der Waals surface area (Å²) in [4.78, 5) is 12.2. The van der Waals surface area contributed by atoms with Crippen molar-refractivity contribution in [1.82, 2.24) is 9.78 Å². The molecule has 1 amide bonds. The zero-order valence-electron chi connectivity index (χ0n) is 12.8. The molecular weight excluding hydrogens is 309 g/mol. The number of amides is 1. The number of rotatable bonds is 4. The Hall–Kier alpha value is -2.08. The van der Waals surface area contributed by atoms with Gasteiger partial charge in [-0.15, -0.1) is 0 Å². The molecule has 0 radical (unpaired) electrons. The van der Waals surface area contributed by atoms with Crippen LogP contribution >= 0.6 is 11.6 Å². The van der Waals surface area contributed by atoms with Crippen LogP contribution in [0.1, 0.15) is 18.3 Å². The van der Waals surface area contributed by atoms with Gasteiger partial charge in [-0.3, -0.25) is 9.48 Å². The van der Waals surface area contributed by atoms with Crippen molar-refractivity contribution < 1.29 is 13.9 Å². The Labute approximate surface area is 133 Å². The van der Waals surface area contributed by atoms with Gasteiger partial charge in [-0.05, 0) is 39.0 Å². The predicted octanol–water partition coefficient (Wildman–Crippen LogP) is 3.24. The Morgan fingerprint density at radius 1 is 1.45 bits per heavy atom. The van der Waals surface area contributed by atoms with E-state index in [0.717, 1.165) is 17.5 Å². The number of aromatic nitrogens is 2. The molecule has 1 N–H and O–H groups in total. The molecule has 1 aromatic carbocycles. The van der Waals surface area contributed by atoms with Gasteiger partial charge < -0.3 is 10.1 Å². The molecule has 1 atom stereocenters. The van der Waals surface area contributed by atoms with Crippen molar-refractivity contribution in [3.05, 3.63) is 40.4 Å². The number of anilines is 1. The number of hydrogen-bond donors (Lipinski definition) is 1. The summed E-state index contributed by atoms with van der Waals surface area (Å²) in [5.41, 5.74) is 2.23. The van der Waals surface area contributed by atoms with Crippen LogP contribution in [0.25, 0.3) is 0 Å².